The lowest BCUT2D eigenvalue weighted by molar-refractivity contribution is 0.109. The van der Waals surface area contributed by atoms with Gasteiger partial charge in [0.25, 0.3) is 0 Å². The number of aryl methyl sites for hydroxylation is 1. The highest BCUT2D eigenvalue weighted by molar-refractivity contribution is 5.60. The summed E-state index contributed by atoms with van der Waals surface area (Å²) >= 11 is 0. The predicted octanol–water partition coefficient (Wildman–Crippen LogP) is 3.82. The first-order chi connectivity index (χ1) is 14.8. The zero-order valence-electron chi connectivity index (χ0n) is 18.5. The number of nitriles is 1. The monoisotopic (exact) mass is 413 g/mol. The van der Waals surface area contributed by atoms with Crippen molar-refractivity contribution >= 4 is 0 Å². The van der Waals surface area contributed by atoms with E-state index in [1.807, 2.05) is 29.9 Å². The average Bonchev–Trinajstić information content (AvgIpc) is 3.31. The Labute approximate surface area is 182 Å². The summed E-state index contributed by atoms with van der Waals surface area (Å²) in [4.78, 5) is 1.63. The van der Waals surface area contributed by atoms with E-state index < -0.39 is 0 Å². The molecule has 0 fully saturated rings. The lowest BCUT2D eigenvalue weighted by atomic mass is 9.53. The molecular weight excluding hydrogens is 386 g/mol. The standard InChI is InChI=1S/C24H27N7/c1-23(2)12-17(14-25)13-24(3)19(23)11-10-18-20(30(4)27-21(18)24)22-26-29-31(28-22)15-16-8-6-5-7-9-16/h5-9,13,19H,10-12,15H2,1-4H3. The van der Waals surface area contributed by atoms with E-state index in [1.54, 1.807) is 4.80 Å². The number of nitrogens with zero attached hydrogens (tertiary/aromatic N) is 7. The third kappa shape index (κ3) is 3.09. The van der Waals surface area contributed by atoms with Crippen molar-refractivity contribution in [1.82, 2.24) is 30.0 Å². The molecule has 2 aromatic heterocycles. The molecule has 2 aliphatic rings. The van der Waals surface area contributed by atoms with Gasteiger partial charge in [0.2, 0.25) is 5.82 Å². The molecule has 2 atom stereocenters. The van der Waals surface area contributed by atoms with Crippen LogP contribution in [0.5, 0.6) is 0 Å². The third-order valence-corrected chi connectivity index (χ3v) is 7.10. The summed E-state index contributed by atoms with van der Waals surface area (Å²) in [6.45, 7) is 7.39. The summed E-state index contributed by atoms with van der Waals surface area (Å²) in [5.74, 6) is 1.04. The predicted molar refractivity (Wildman–Crippen MR) is 117 cm³/mol. The van der Waals surface area contributed by atoms with Crippen molar-refractivity contribution in [2.75, 3.05) is 0 Å². The molecule has 0 bridgehead atoms. The van der Waals surface area contributed by atoms with Gasteiger partial charge in [0.05, 0.1) is 18.3 Å². The first kappa shape index (κ1) is 19.7. The zero-order chi connectivity index (χ0) is 21.8. The van der Waals surface area contributed by atoms with Gasteiger partial charge in [-0.25, -0.2) is 0 Å². The van der Waals surface area contributed by atoms with Crippen LogP contribution in [0.1, 0.15) is 50.4 Å². The Bertz CT molecular complexity index is 1210. The largest absolute Gasteiger partial charge is 0.264 e. The van der Waals surface area contributed by atoms with Gasteiger partial charge in [-0.3, -0.25) is 4.68 Å². The van der Waals surface area contributed by atoms with Crippen LogP contribution in [0, 0.1) is 22.7 Å². The maximum atomic E-state index is 9.66. The van der Waals surface area contributed by atoms with Gasteiger partial charge in [-0.1, -0.05) is 57.2 Å². The Hall–Kier alpha value is -3.27. The second-order valence-electron chi connectivity index (χ2n) is 9.75. The smallest absolute Gasteiger partial charge is 0.223 e. The van der Waals surface area contributed by atoms with E-state index in [2.05, 4.69) is 60.5 Å². The van der Waals surface area contributed by atoms with Crippen molar-refractivity contribution < 1.29 is 0 Å². The van der Waals surface area contributed by atoms with Gasteiger partial charge in [-0.05, 0) is 41.4 Å². The molecule has 5 rings (SSSR count). The lowest BCUT2D eigenvalue weighted by Crippen LogP contribution is -2.46. The van der Waals surface area contributed by atoms with Gasteiger partial charge in [0.1, 0.15) is 5.69 Å². The minimum atomic E-state index is -0.267. The van der Waals surface area contributed by atoms with Crippen molar-refractivity contribution in [3.63, 3.8) is 0 Å². The summed E-state index contributed by atoms with van der Waals surface area (Å²) in [7, 11) is 1.95. The summed E-state index contributed by atoms with van der Waals surface area (Å²) in [6.07, 6.45) is 4.99. The Morgan fingerprint density at radius 2 is 1.94 bits per heavy atom. The molecule has 0 amide bonds. The highest BCUT2D eigenvalue weighted by atomic mass is 15.6. The Balaban J connectivity index is 1.56. The maximum Gasteiger partial charge on any atom is 0.223 e. The number of tetrazole rings is 1. The van der Waals surface area contributed by atoms with Crippen LogP contribution >= 0.6 is 0 Å². The summed E-state index contributed by atoms with van der Waals surface area (Å²) in [5.41, 5.74) is 4.96. The van der Waals surface area contributed by atoms with E-state index in [-0.39, 0.29) is 10.8 Å². The van der Waals surface area contributed by atoms with Crippen molar-refractivity contribution in [3.05, 3.63) is 58.8 Å². The van der Waals surface area contributed by atoms with Crippen LogP contribution in [0.2, 0.25) is 0 Å². The molecule has 7 heteroatoms. The van der Waals surface area contributed by atoms with Crippen LogP contribution in [0.4, 0.5) is 0 Å². The SMILES string of the molecule is Cn1nc2c(c1-c1nnn(Cc3ccccc3)n1)CCC1C(C)(C)CC(C#N)=CC21C. The van der Waals surface area contributed by atoms with E-state index >= 15 is 0 Å². The van der Waals surface area contributed by atoms with Gasteiger partial charge in [-0.2, -0.15) is 15.2 Å². The Morgan fingerprint density at radius 1 is 1.16 bits per heavy atom. The van der Waals surface area contributed by atoms with Crippen LogP contribution in [0.25, 0.3) is 11.5 Å². The molecule has 1 aromatic carbocycles. The van der Waals surface area contributed by atoms with Gasteiger partial charge in [0.15, 0.2) is 0 Å². The van der Waals surface area contributed by atoms with Gasteiger partial charge in [-0.15, -0.1) is 10.2 Å². The number of benzene rings is 1. The lowest BCUT2D eigenvalue weighted by Gasteiger charge is -2.50. The molecule has 0 radical (unpaired) electrons. The third-order valence-electron chi connectivity index (χ3n) is 7.10. The fourth-order valence-corrected chi connectivity index (χ4v) is 5.89. The number of rotatable bonds is 3. The molecule has 31 heavy (non-hydrogen) atoms. The van der Waals surface area contributed by atoms with Crippen molar-refractivity contribution in [1.29, 1.82) is 5.26 Å². The zero-order valence-corrected chi connectivity index (χ0v) is 18.5. The molecule has 2 heterocycles. The minimum Gasteiger partial charge on any atom is -0.264 e. The van der Waals surface area contributed by atoms with Crippen LogP contribution in [0.15, 0.2) is 42.0 Å². The van der Waals surface area contributed by atoms with Crippen molar-refractivity contribution in [3.8, 4) is 17.6 Å². The van der Waals surface area contributed by atoms with Crippen LogP contribution < -0.4 is 0 Å². The molecule has 158 valence electrons. The van der Waals surface area contributed by atoms with E-state index in [9.17, 15) is 5.26 Å². The average molecular weight is 414 g/mol. The van der Waals surface area contributed by atoms with Crippen LogP contribution in [0.3, 0.4) is 0 Å². The molecule has 2 aliphatic carbocycles. The molecule has 0 aliphatic heterocycles. The summed E-state index contributed by atoms with van der Waals surface area (Å²) in [6, 6.07) is 12.5. The summed E-state index contributed by atoms with van der Waals surface area (Å²) in [5, 5.41) is 27.9. The van der Waals surface area contributed by atoms with E-state index in [1.165, 1.54) is 5.56 Å². The number of hydrogen-bond acceptors (Lipinski definition) is 5. The van der Waals surface area contributed by atoms with Gasteiger partial charge < -0.3 is 0 Å². The normalized spacial score (nSPS) is 24.1. The maximum absolute atomic E-state index is 9.66. The van der Waals surface area contributed by atoms with E-state index in [4.69, 9.17) is 5.10 Å². The molecule has 7 nitrogen and oxygen atoms in total. The van der Waals surface area contributed by atoms with Gasteiger partial charge >= 0.3 is 0 Å². The molecular formula is C24H27N7. The fraction of sp³-hybridized carbons (Fsp3) is 0.458. The highest BCUT2D eigenvalue weighted by Crippen LogP contribution is 2.56. The van der Waals surface area contributed by atoms with Crippen molar-refractivity contribution in [2.45, 2.75) is 52.0 Å². The second kappa shape index (κ2) is 6.88. The van der Waals surface area contributed by atoms with E-state index in [0.29, 0.717) is 18.3 Å². The first-order valence-electron chi connectivity index (χ1n) is 10.8. The van der Waals surface area contributed by atoms with Crippen molar-refractivity contribution in [2.24, 2.45) is 18.4 Å². The van der Waals surface area contributed by atoms with E-state index in [0.717, 1.165) is 41.8 Å². The molecule has 0 spiro atoms. The van der Waals surface area contributed by atoms with Gasteiger partial charge in [0, 0.05) is 23.6 Å². The minimum absolute atomic E-state index is 0.0566. The number of allylic oxidation sites excluding steroid dienone is 2. The topological polar surface area (TPSA) is 85.2 Å². The van der Waals surface area contributed by atoms with Crippen LogP contribution in [-0.4, -0.2) is 30.0 Å². The number of aromatic nitrogens is 6. The number of fused-ring (bicyclic) bond motifs is 3. The van der Waals surface area contributed by atoms with Crippen LogP contribution in [-0.2, 0) is 25.4 Å². The first-order valence-corrected chi connectivity index (χ1v) is 10.8. The highest BCUT2D eigenvalue weighted by Gasteiger charge is 2.52. The fourth-order valence-electron chi connectivity index (χ4n) is 5.89. The molecule has 0 N–H and O–H groups in total. The Kier molecular flexibility index (Phi) is 4.37. The number of hydrogen-bond donors (Lipinski definition) is 0. The Morgan fingerprint density at radius 3 is 2.68 bits per heavy atom. The quantitative estimate of drug-likeness (QED) is 0.652. The molecule has 2 unspecified atom stereocenters. The molecule has 0 saturated carbocycles. The summed E-state index contributed by atoms with van der Waals surface area (Å²) < 4.78 is 1.89. The molecule has 0 saturated heterocycles. The molecule has 3 aromatic rings. The second-order valence-corrected chi connectivity index (χ2v) is 9.75.